The molecule has 250 valence electrons. The molecule has 7 rings (SSSR count). The number of fused-ring (bicyclic) bond motifs is 2. The lowest BCUT2D eigenvalue weighted by Gasteiger charge is -2.30. The Kier molecular flexibility index (Phi) is 9.46. The third-order valence-corrected chi connectivity index (χ3v) is 10.7. The number of aliphatic carboxylic acids is 1. The number of nitrogens with zero attached hydrogens (tertiary/aromatic N) is 2. The zero-order valence-corrected chi connectivity index (χ0v) is 27.3. The van der Waals surface area contributed by atoms with Crippen molar-refractivity contribution in [2.45, 2.75) is 68.9 Å². The third-order valence-electron chi connectivity index (χ3n) is 10.0. The lowest BCUT2D eigenvalue weighted by molar-refractivity contribution is -0.144. The molecule has 1 saturated carbocycles. The second-order valence-electron chi connectivity index (χ2n) is 12.9. The van der Waals surface area contributed by atoms with Crippen LogP contribution >= 0.6 is 23.2 Å². The van der Waals surface area contributed by atoms with Gasteiger partial charge in [0, 0.05) is 36.1 Å². The molecule has 3 aliphatic heterocycles. The van der Waals surface area contributed by atoms with Crippen molar-refractivity contribution in [1.29, 1.82) is 0 Å². The number of para-hydroxylation sites is 1. The van der Waals surface area contributed by atoms with Gasteiger partial charge < -0.3 is 34.0 Å². The highest BCUT2D eigenvalue weighted by molar-refractivity contribution is 6.36. The predicted molar refractivity (Wildman–Crippen MR) is 174 cm³/mol. The van der Waals surface area contributed by atoms with Crippen LogP contribution in [-0.2, 0) is 30.2 Å². The number of furan rings is 1. The SMILES string of the molecule is O=C(Nc1cc(Cl)c(CC(=O)N2C[C@@H](N3C[C@@H]4OCO[C@@H]4C3)C[C@H]2COC2CCC(C(=O)O)CC2)cc1Cl)c1coc2ccccc12. The Morgan fingerprint density at radius 3 is 2.47 bits per heavy atom. The monoisotopic (exact) mass is 685 g/mol. The maximum absolute atomic E-state index is 13.9. The van der Waals surface area contributed by atoms with E-state index in [1.807, 2.05) is 17.0 Å². The van der Waals surface area contributed by atoms with Crippen LogP contribution in [0.4, 0.5) is 5.69 Å². The Morgan fingerprint density at radius 1 is 0.979 bits per heavy atom. The summed E-state index contributed by atoms with van der Waals surface area (Å²) in [4.78, 5) is 42.6. The van der Waals surface area contributed by atoms with E-state index in [0.29, 0.717) is 78.4 Å². The number of carbonyl (C=O) groups excluding carboxylic acids is 2. The quantitative estimate of drug-likeness (QED) is 0.311. The molecule has 0 radical (unpaired) electrons. The molecule has 4 aliphatic rings. The van der Waals surface area contributed by atoms with Crippen LogP contribution in [0.5, 0.6) is 0 Å². The van der Waals surface area contributed by atoms with Gasteiger partial charge in [-0.05, 0) is 55.9 Å². The van der Waals surface area contributed by atoms with Gasteiger partial charge in [-0.1, -0.05) is 41.4 Å². The Balaban J connectivity index is 1.02. The van der Waals surface area contributed by atoms with Crippen LogP contribution in [0.15, 0.2) is 47.1 Å². The van der Waals surface area contributed by atoms with Crippen LogP contribution in [0.25, 0.3) is 11.0 Å². The van der Waals surface area contributed by atoms with Crippen molar-refractivity contribution in [3.8, 4) is 0 Å². The summed E-state index contributed by atoms with van der Waals surface area (Å²) in [6, 6.07) is 10.4. The van der Waals surface area contributed by atoms with Crippen molar-refractivity contribution in [3.05, 3.63) is 63.8 Å². The largest absolute Gasteiger partial charge is 0.481 e. The Bertz CT molecular complexity index is 1650. The molecule has 2 amide bonds. The smallest absolute Gasteiger partial charge is 0.306 e. The summed E-state index contributed by atoms with van der Waals surface area (Å²) in [5.41, 5.74) is 1.86. The Labute approximate surface area is 282 Å². The summed E-state index contributed by atoms with van der Waals surface area (Å²) in [6.45, 7) is 2.75. The van der Waals surface area contributed by atoms with Gasteiger partial charge in [0.1, 0.15) is 30.8 Å². The third kappa shape index (κ3) is 6.88. The summed E-state index contributed by atoms with van der Waals surface area (Å²) in [7, 11) is 0. The van der Waals surface area contributed by atoms with Gasteiger partial charge in [0.2, 0.25) is 5.91 Å². The van der Waals surface area contributed by atoms with E-state index in [1.54, 1.807) is 24.3 Å². The minimum atomic E-state index is -0.747. The lowest BCUT2D eigenvalue weighted by atomic mass is 9.87. The molecule has 0 bridgehead atoms. The van der Waals surface area contributed by atoms with Crippen LogP contribution in [0, 0.1) is 5.92 Å². The maximum Gasteiger partial charge on any atom is 0.306 e. The van der Waals surface area contributed by atoms with Crippen molar-refractivity contribution in [3.63, 3.8) is 0 Å². The topological polar surface area (TPSA) is 131 Å². The summed E-state index contributed by atoms with van der Waals surface area (Å²) >= 11 is 13.3. The first kappa shape index (κ1) is 32.4. The molecule has 4 fully saturated rings. The molecule has 4 atom stereocenters. The molecule has 13 heteroatoms. The molecule has 1 aliphatic carbocycles. The van der Waals surface area contributed by atoms with Crippen molar-refractivity contribution < 1.29 is 38.1 Å². The predicted octanol–water partition coefficient (Wildman–Crippen LogP) is 5.22. The number of carbonyl (C=O) groups is 3. The molecule has 2 aromatic carbocycles. The van der Waals surface area contributed by atoms with Gasteiger partial charge in [0.05, 0.1) is 47.4 Å². The van der Waals surface area contributed by atoms with E-state index in [2.05, 4.69) is 10.2 Å². The number of amides is 2. The van der Waals surface area contributed by atoms with Gasteiger partial charge in [0.15, 0.2) is 0 Å². The molecular weight excluding hydrogens is 649 g/mol. The standard InChI is InChI=1S/C34H37Cl2N3O8/c35-26-12-28(37-33(41)25-17-45-29-4-2-1-3-24(25)29)27(36)9-20(26)10-32(40)39-13-21(38-14-30-31(15-38)47-18-46-30)11-22(39)16-44-23-7-5-19(6-8-23)34(42)43/h1-4,9,12,17,19,21-23,30-31H,5-8,10-11,13-16,18H2,(H,37,41)(H,42,43)/t19?,21-,22-,23?,30-,31+/m0/s1. The molecule has 11 nitrogen and oxygen atoms in total. The number of benzene rings is 2. The Morgan fingerprint density at radius 2 is 1.72 bits per heavy atom. The van der Waals surface area contributed by atoms with Crippen LogP contribution < -0.4 is 5.32 Å². The van der Waals surface area contributed by atoms with E-state index in [0.717, 1.165) is 19.5 Å². The highest BCUT2D eigenvalue weighted by Gasteiger charge is 2.45. The van der Waals surface area contributed by atoms with E-state index in [-0.39, 0.29) is 59.6 Å². The highest BCUT2D eigenvalue weighted by atomic mass is 35.5. The molecule has 0 spiro atoms. The molecular formula is C34H37Cl2N3O8. The van der Waals surface area contributed by atoms with E-state index in [4.69, 9.17) is 41.8 Å². The van der Waals surface area contributed by atoms with Crippen molar-refractivity contribution in [2.75, 3.05) is 38.4 Å². The van der Waals surface area contributed by atoms with E-state index in [9.17, 15) is 19.5 Å². The molecule has 3 saturated heterocycles. The molecule has 47 heavy (non-hydrogen) atoms. The number of hydrogen-bond acceptors (Lipinski definition) is 8. The van der Waals surface area contributed by atoms with E-state index in [1.165, 1.54) is 6.26 Å². The summed E-state index contributed by atoms with van der Waals surface area (Å²) in [5, 5.41) is 13.4. The van der Waals surface area contributed by atoms with E-state index < -0.39 is 5.97 Å². The van der Waals surface area contributed by atoms with Crippen LogP contribution in [0.3, 0.4) is 0 Å². The lowest BCUT2D eigenvalue weighted by Crippen LogP contribution is -2.41. The minimum absolute atomic E-state index is 0.0226. The Hall–Kier alpha value is -3.19. The van der Waals surface area contributed by atoms with Gasteiger partial charge >= 0.3 is 5.97 Å². The van der Waals surface area contributed by atoms with Crippen molar-refractivity contribution in [2.24, 2.45) is 5.92 Å². The van der Waals surface area contributed by atoms with Crippen molar-refractivity contribution in [1.82, 2.24) is 9.80 Å². The average Bonchev–Trinajstić information content (AvgIpc) is 3.85. The zero-order valence-electron chi connectivity index (χ0n) is 25.7. The molecule has 1 aromatic heterocycles. The summed E-state index contributed by atoms with van der Waals surface area (Å²) in [5.74, 6) is -1.55. The first-order valence-electron chi connectivity index (χ1n) is 16.1. The number of ether oxygens (including phenoxy) is 3. The minimum Gasteiger partial charge on any atom is -0.481 e. The first-order chi connectivity index (χ1) is 22.7. The molecule has 0 unspecified atom stereocenters. The van der Waals surface area contributed by atoms with Crippen molar-refractivity contribution >= 4 is 57.6 Å². The van der Waals surface area contributed by atoms with Gasteiger partial charge in [-0.2, -0.15) is 0 Å². The molecule has 4 heterocycles. The second kappa shape index (κ2) is 13.7. The number of anilines is 1. The van der Waals surface area contributed by atoms with Crippen LogP contribution in [0.1, 0.15) is 48.0 Å². The number of likely N-dealkylation sites (tertiary alicyclic amines) is 2. The van der Waals surface area contributed by atoms with Gasteiger partial charge in [0.25, 0.3) is 5.91 Å². The number of rotatable bonds is 9. The summed E-state index contributed by atoms with van der Waals surface area (Å²) < 4.78 is 23.3. The maximum atomic E-state index is 13.9. The highest BCUT2D eigenvalue weighted by Crippen LogP contribution is 2.34. The first-order valence-corrected chi connectivity index (χ1v) is 16.9. The summed E-state index contributed by atoms with van der Waals surface area (Å²) in [6.07, 6.45) is 4.84. The number of carboxylic acid groups (broad SMARTS) is 1. The van der Waals surface area contributed by atoms with Gasteiger partial charge in [-0.15, -0.1) is 0 Å². The normalized spacial score (nSPS) is 27.7. The fourth-order valence-corrected chi connectivity index (χ4v) is 7.84. The number of carboxylic acids is 1. The molecule has 2 N–H and O–H groups in total. The fourth-order valence-electron chi connectivity index (χ4n) is 7.37. The van der Waals surface area contributed by atoms with Gasteiger partial charge in [-0.25, -0.2) is 0 Å². The van der Waals surface area contributed by atoms with E-state index >= 15 is 0 Å². The van der Waals surface area contributed by atoms with Crippen LogP contribution in [0.2, 0.25) is 10.0 Å². The van der Waals surface area contributed by atoms with Crippen LogP contribution in [-0.4, -0.2) is 96.1 Å². The average molecular weight is 687 g/mol. The fraction of sp³-hybridized carbons (Fsp3) is 0.500. The number of nitrogens with one attached hydrogen (secondary N) is 1. The van der Waals surface area contributed by atoms with Gasteiger partial charge in [-0.3, -0.25) is 19.3 Å². The zero-order chi connectivity index (χ0) is 32.7. The molecule has 3 aromatic rings. The second-order valence-corrected chi connectivity index (χ2v) is 13.7. The number of halogens is 2. The number of hydrogen-bond donors (Lipinski definition) is 2.